The molecular weight excluding hydrogens is 322 g/mol. The Balaban J connectivity index is 1.65. The zero-order valence-corrected chi connectivity index (χ0v) is 14.9. The molecule has 8 heteroatoms. The Bertz CT molecular complexity index is 752. The number of carbonyl (C=O) groups excluding carboxylic acids is 1. The van der Waals surface area contributed by atoms with Gasteiger partial charge >= 0.3 is 6.09 Å². The highest BCUT2D eigenvalue weighted by Gasteiger charge is 2.32. The Morgan fingerprint density at radius 3 is 2.96 bits per heavy atom. The van der Waals surface area contributed by atoms with Crippen LogP contribution in [0.2, 0.25) is 0 Å². The molecule has 1 fully saturated rings. The molecule has 0 bridgehead atoms. The maximum absolute atomic E-state index is 12.3. The number of nitrogens with one attached hydrogen (secondary N) is 1. The van der Waals surface area contributed by atoms with Gasteiger partial charge in [0.2, 0.25) is 0 Å². The van der Waals surface area contributed by atoms with Crippen LogP contribution < -0.4 is 5.32 Å². The van der Waals surface area contributed by atoms with E-state index in [0.717, 1.165) is 12.8 Å². The van der Waals surface area contributed by atoms with E-state index in [0.29, 0.717) is 30.2 Å². The van der Waals surface area contributed by atoms with Crippen molar-refractivity contribution >= 4 is 17.6 Å². The second-order valence-corrected chi connectivity index (χ2v) is 7.25. The van der Waals surface area contributed by atoms with E-state index in [1.807, 2.05) is 32.9 Å². The minimum Gasteiger partial charge on any atom is -0.444 e. The summed E-state index contributed by atoms with van der Waals surface area (Å²) in [4.78, 5) is 18.3. The largest absolute Gasteiger partial charge is 0.444 e. The number of aliphatic hydroxyl groups is 1. The van der Waals surface area contributed by atoms with Crippen LogP contribution in [0.15, 0.2) is 18.3 Å². The third kappa shape index (κ3) is 4.01. The fourth-order valence-electron chi connectivity index (χ4n) is 2.95. The molecule has 0 saturated carbocycles. The zero-order chi connectivity index (χ0) is 18.0. The van der Waals surface area contributed by atoms with Crippen molar-refractivity contribution in [2.24, 2.45) is 0 Å². The van der Waals surface area contributed by atoms with Crippen LogP contribution in [-0.2, 0) is 11.3 Å². The molecule has 1 aliphatic heterocycles. The average molecular weight is 347 g/mol. The van der Waals surface area contributed by atoms with E-state index < -0.39 is 5.60 Å². The van der Waals surface area contributed by atoms with Crippen molar-refractivity contribution in [3.05, 3.63) is 24.0 Å². The Morgan fingerprint density at radius 2 is 2.24 bits per heavy atom. The summed E-state index contributed by atoms with van der Waals surface area (Å²) in [6.45, 7) is 6.81. The van der Waals surface area contributed by atoms with Gasteiger partial charge in [0.1, 0.15) is 11.4 Å². The van der Waals surface area contributed by atoms with Gasteiger partial charge in [-0.1, -0.05) is 0 Å². The number of imidazole rings is 1. The fourth-order valence-corrected chi connectivity index (χ4v) is 2.95. The standard InChI is InChI=1S/C17H25N5O3/c1-17(2,3)25-16(24)21-8-4-5-12(21)9-18-14-6-7-15-19-10-13(11-23)22(15)20-14/h6-7,10,12,23H,4-5,8-9,11H2,1-3H3,(H,18,20)/t12-/m0/s1. The molecule has 1 atom stereocenters. The van der Waals surface area contributed by atoms with Gasteiger partial charge in [-0.05, 0) is 45.7 Å². The lowest BCUT2D eigenvalue weighted by atomic mass is 10.2. The van der Waals surface area contributed by atoms with E-state index in [9.17, 15) is 9.90 Å². The molecule has 2 N–H and O–H groups in total. The third-order valence-corrected chi connectivity index (χ3v) is 4.12. The summed E-state index contributed by atoms with van der Waals surface area (Å²) < 4.78 is 7.10. The summed E-state index contributed by atoms with van der Waals surface area (Å²) in [5.74, 6) is 0.677. The number of amides is 1. The number of nitrogens with zero attached hydrogens (tertiary/aromatic N) is 4. The highest BCUT2D eigenvalue weighted by molar-refractivity contribution is 5.69. The number of hydrogen-bond acceptors (Lipinski definition) is 6. The molecule has 3 rings (SSSR count). The summed E-state index contributed by atoms with van der Waals surface area (Å²) >= 11 is 0. The van der Waals surface area contributed by atoms with E-state index in [-0.39, 0.29) is 18.7 Å². The van der Waals surface area contributed by atoms with Crippen LogP contribution >= 0.6 is 0 Å². The molecule has 1 saturated heterocycles. The summed E-state index contributed by atoms with van der Waals surface area (Å²) in [6, 6.07) is 3.76. The SMILES string of the molecule is CC(C)(C)OC(=O)N1CCC[C@H]1CNc1ccc2ncc(CO)n2n1. The zero-order valence-electron chi connectivity index (χ0n) is 14.9. The van der Waals surface area contributed by atoms with Gasteiger partial charge in [0.15, 0.2) is 5.65 Å². The molecule has 25 heavy (non-hydrogen) atoms. The first-order chi connectivity index (χ1) is 11.9. The molecule has 0 aromatic carbocycles. The first kappa shape index (κ1) is 17.5. The summed E-state index contributed by atoms with van der Waals surface area (Å²) in [6.07, 6.45) is 3.24. The normalized spacial score (nSPS) is 17.9. The lowest BCUT2D eigenvalue weighted by Gasteiger charge is -2.28. The van der Waals surface area contributed by atoms with E-state index in [1.54, 1.807) is 15.6 Å². The highest BCUT2D eigenvalue weighted by atomic mass is 16.6. The van der Waals surface area contributed by atoms with Crippen molar-refractivity contribution in [2.75, 3.05) is 18.4 Å². The van der Waals surface area contributed by atoms with Crippen LogP contribution in [0.1, 0.15) is 39.3 Å². The molecule has 0 aliphatic carbocycles. The van der Waals surface area contributed by atoms with E-state index in [1.165, 1.54) is 0 Å². The van der Waals surface area contributed by atoms with Crippen LogP contribution in [0.5, 0.6) is 0 Å². The van der Waals surface area contributed by atoms with Crippen LogP contribution in [-0.4, -0.2) is 55.4 Å². The first-order valence-electron chi connectivity index (χ1n) is 8.55. The van der Waals surface area contributed by atoms with Gasteiger partial charge in [-0.25, -0.2) is 14.3 Å². The van der Waals surface area contributed by atoms with Crippen LogP contribution in [0.25, 0.3) is 5.65 Å². The molecule has 2 aromatic heterocycles. The van der Waals surface area contributed by atoms with Gasteiger partial charge in [0.05, 0.1) is 24.5 Å². The van der Waals surface area contributed by atoms with Crippen molar-refractivity contribution in [1.29, 1.82) is 0 Å². The number of anilines is 1. The van der Waals surface area contributed by atoms with Crippen molar-refractivity contribution < 1.29 is 14.6 Å². The topological polar surface area (TPSA) is 92.0 Å². The molecule has 1 aliphatic rings. The van der Waals surface area contributed by atoms with Gasteiger partial charge in [-0.2, -0.15) is 0 Å². The lowest BCUT2D eigenvalue weighted by Crippen LogP contribution is -2.42. The van der Waals surface area contributed by atoms with E-state index in [2.05, 4.69) is 15.4 Å². The minimum atomic E-state index is -0.494. The number of aliphatic hydroxyl groups excluding tert-OH is 1. The van der Waals surface area contributed by atoms with Crippen LogP contribution in [0, 0.1) is 0 Å². The molecule has 136 valence electrons. The number of aromatic nitrogens is 3. The highest BCUT2D eigenvalue weighted by Crippen LogP contribution is 2.21. The number of carbonyl (C=O) groups is 1. The molecule has 2 aromatic rings. The summed E-state index contributed by atoms with van der Waals surface area (Å²) in [7, 11) is 0. The number of rotatable bonds is 4. The average Bonchev–Trinajstić information content (AvgIpc) is 3.17. The molecule has 1 amide bonds. The molecular formula is C17H25N5O3. The van der Waals surface area contributed by atoms with Crippen LogP contribution in [0.4, 0.5) is 10.6 Å². The second-order valence-electron chi connectivity index (χ2n) is 7.25. The minimum absolute atomic E-state index is 0.0763. The smallest absolute Gasteiger partial charge is 0.410 e. The van der Waals surface area contributed by atoms with Gasteiger partial charge < -0.3 is 20.1 Å². The predicted octanol–water partition coefficient (Wildman–Crippen LogP) is 2.03. The van der Waals surface area contributed by atoms with E-state index >= 15 is 0 Å². The monoisotopic (exact) mass is 347 g/mol. The first-order valence-corrected chi connectivity index (χ1v) is 8.55. The van der Waals surface area contributed by atoms with Gasteiger partial charge in [0, 0.05) is 13.1 Å². The predicted molar refractivity (Wildman–Crippen MR) is 93.4 cm³/mol. The molecule has 8 nitrogen and oxygen atoms in total. The molecule has 0 unspecified atom stereocenters. The van der Waals surface area contributed by atoms with Crippen molar-refractivity contribution in [3.8, 4) is 0 Å². The van der Waals surface area contributed by atoms with Gasteiger partial charge in [0.25, 0.3) is 0 Å². The molecule has 0 radical (unpaired) electrons. The fraction of sp³-hybridized carbons (Fsp3) is 0.588. The summed E-state index contributed by atoms with van der Waals surface area (Å²) in [5, 5.41) is 17.0. The number of ether oxygens (including phenoxy) is 1. The number of likely N-dealkylation sites (tertiary alicyclic amines) is 1. The van der Waals surface area contributed by atoms with Gasteiger partial charge in [-0.15, -0.1) is 5.10 Å². The number of hydrogen-bond donors (Lipinski definition) is 2. The van der Waals surface area contributed by atoms with Crippen LogP contribution in [0.3, 0.4) is 0 Å². The van der Waals surface area contributed by atoms with Crippen molar-refractivity contribution in [3.63, 3.8) is 0 Å². The maximum atomic E-state index is 12.3. The Kier molecular flexibility index (Phi) is 4.80. The molecule has 3 heterocycles. The maximum Gasteiger partial charge on any atom is 0.410 e. The van der Waals surface area contributed by atoms with Crippen molar-refractivity contribution in [1.82, 2.24) is 19.5 Å². The second kappa shape index (κ2) is 6.87. The van der Waals surface area contributed by atoms with Gasteiger partial charge in [-0.3, -0.25) is 0 Å². The van der Waals surface area contributed by atoms with Crippen molar-refractivity contribution in [2.45, 2.75) is 51.9 Å². The quantitative estimate of drug-likeness (QED) is 0.879. The Labute approximate surface area is 146 Å². The lowest BCUT2D eigenvalue weighted by molar-refractivity contribution is 0.0235. The molecule has 0 spiro atoms. The Hall–Kier alpha value is -2.35. The number of fused-ring (bicyclic) bond motifs is 1. The Morgan fingerprint density at radius 1 is 1.44 bits per heavy atom. The van der Waals surface area contributed by atoms with E-state index in [4.69, 9.17) is 4.74 Å². The third-order valence-electron chi connectivity index (χ3n) is 4.12. The summed E-state index contributed by atoms with van der Waals surface area (Å²) in [5.41, 5.74) is 0.826.